The minimum absolute atomic E-state index is 0. The molecule has 0 unspecified atom stereocenters. The summed E-state index contributed by atoms with van der Waals surface area (Å²) in [4.78, 5) is 0. The van der Waals surface area contributed by atoms with Gasteiger partial charge in [-0.25, -0.2) is 0 Å². The zero-order valence-electron chi connectivity index (χ0n) is 2.22. The average molecular weight is 198 g/mol. The van der Waals surface area contributed by atoms with Crippen molar-refractivity contribution in [3.05, 3.63) is 0 Å². The van der Waals surface area contributed by atoms with Crippen LogP contribution in [0.4, 0.5) is 0 Å². The van der Waals surface area contributed by atoms with Crippen molar-refractivity contribution in [2.45, 2.75) is 0 Å². The summed E-state index contributed by atoms with van der Waals surface area (Å²) < 4.78 is 8.34. The van der Waals surface area contributed by atoms with Crippen LogP contribution in [0, 0.1) is 0 Å². The van der Waals surface area contributed by atoms with Gasteiger partial charge in [0.15, 0.2) is 0 Å². The molecular formula is H4Cl2O2Zr. The van der Waals surface area contributed by atoms with Gasteiger partial charge >= 0.3 is 27.5 Å². The van der Waals surface area contributed by atoms with Crippen LogP contribution in [0.2, 0.25) is 0 Å². The number of rotatable bonds is 0. The second-order valence-corrected chi connectivity index (χ2v) is 0. The van der Waals surface area contributed by atoms with Gasteiger partial charge in [-0.3, -0.25) is 0 Å². The van der Waals surface area contributed by atoms with E-state index in [1.807, 2.05) is 0 Å². The predicted octanol–water partition coefficient (Wildman–Crippen LogP) is -0.102. The summed E-state index contributed by atoms with van der Waals surface area (Å²) in [5.41, 5.74) is 0. The minimum atomic E-state index is 0. The van der Waals surface area contributed by atoms with E-state index < -0.39 is 0 Å². The zero-order chi connectivity index (χ0) is 2.00. The fourth-order valence-corrected chi connectivity index (χ4v) is 0. The molecule has 0 aromatic rings. The summed E-state index contributed by atoms with van der Waals surface area (Å²) in [6, 6.07) is 0. The van der Waals surface area contributed by atoms with Crippen LogP contribution in [0.1, 0.15) is 0 Å². The van der Waals surface area contributed by atoms with E-state index in [2.05, 4.69) is 0 Å². The first-order chi connectivity index (χ1) is 1.00. The molecule has 2 nitrogen and oxygen atoms in total. The SMILES string of the molecule is Cl.Cl.O.[O]=[Zr]. The molecule has 0 aliphatic rings. The molecule has 5 heteroatoms. The van der Waals surface area contributed by atoms with Crippen LogP contribution >= 0.6 is 24.8 Å². The molecule has 0 aliphatic heterocycles. The first kappa shape index (κ1) is 34.4. The monoisotopic (exact) mass is 196 g/mol. The van der Waals surface area contributed by atoms with Crippen LogP contribution in [0.25, 0.3) is 0 Å². The van der Waals surface area contributed by atoms with Gasteiger partial charge in [0, 0.05) is 0 Å². The maximum absolute atomic E-state index is 8.34. The molecule has 0 amide bonds. The standard InChI is InChI=1S/2ClH.H2O.O.Zr/h2*1H;1H2;;. The first-order valence-corrected chi connectivity index (χ1v) is 1.21. The van der Waals surface area contributed by atoms with E-state index in [4.69, 9.17) is 2.81 Å². The second kappa shape index (κ2) is 62.3. The van der Waals surface area contributed by atoms with Crippen molar-refractivity contribution < 1.29 is 33.0 Å². The van der Waals surface area contributed by atoms with E-state index in [9.17, 15) is 0 Å². The van der Waals surface area contributed by atoms with Crippen molar-refractivity contribution in [3.8, 4) is 0 Å². The Morgan fingerprint density at radius 3 is 1.00 bits per heavy atom. The van der Waals surface area contributed by atoms with Gasteiger partial charge in [-0.15, -0.1) is 24.8 Å². The molecule has 0 radical (unpaired) electrons. The Kier molecular flexibility index (Phi) is 428. The van der Waals surface area contributed by atoms with E-state index in [-0.39, 0.29) is 30.3 Å². The summed E-state index contributed by atoms with van der Waals surface area (Å²) in [6.07, 6.45) is 0. The van der Waals surface area contributed by atoms with Crippen LogP contribution in [-0.2, 0) is 27.5 Å². The molecule has 0 fully saturated rings. The first-order valence-electron chi connectivity index (χ1n) is 0.204. The third-order valence-corrected chi connectivity index (χ3v) is 0. The van der Waals surface area contributed by atoms with Crippen LogP contribution in [0.5, 0.6) is 0 Å². The van der Waals surface area contributed by atoms with Crippen molar-refractivity contribution in [2.24, 2.45) is 0 Å². The molecule has 0 heterocycles. The second-order valence-electron chi connectivity index (χ2n) is 0. The summed E-state index contributed by atoms with van der Waals surface area (Å²) in [5, 5.41) is 0. The van der Waals surface area contributed by atoms with Crippen molar-refractivity contribution in [1.82, 2.24) is 0 Å². The third kappa shape index (κ3) is 36.3. The molecule has 0 spiro atoms. The Balaban J connectivity index is -0.00000000167. The summed E-state index contributed by atoms with van der Waals surface area (Å²) >= 11 is 0.300. The number of hydrogen-bond acceptors (Lipinski definition) is 1. The van der Waals surface area contributed by atoms with Crippen molar-refractivity contribution in [3.63, 3.8) is 0 Å². The molecule has 0 saturated carbocycles. The van der Waals surface area contributed by atoms with Gasteiger partial charge < -0.3 is 5.48 Å². The van der Waals surface area contributed by atoms with Crippen LogP contribution in [-0.4, -0.2) is 5.48 Å². The maximum atomic E-state index is 8.34. The normalized spacial score (nSPS) is 0.600. The molecule has 0 saturated heterocycles. The fraction of sp³-hybridized carbons (Fsp3) is 0. The Bertz CT molecular complexity index is 7.61. The van der Waals surface area contributed by atoms with Crippen molar-refractivity contribution in [1.29, 1.82) is 0 Å². The summed E-state index contributed by atoms with van der Waals surface area (Å²) in [7, 11) is 0. The van der Waals surface area contributed by atoms with E-state index in [1.54, 1.807) is 0 Å². The van der Waals surface area contributed by atoms with E-state index >= 15 is 0 Å². The molecule has 34 valence electrons. The quantitative estimate of drug-likeness (QED) is 0.536. The third-order valence-electron chi connectivity index (χ3n) is 0. The molecular weight excluding hydrogens is 194 g/mol. The molecule has 0 atom stereocenters. The van der Waals surface area contributed by atoms with Gasteiger partial charge in [0.2, 0.25) is 0 Å². The van der Waals surface area contributed by atoms with Gasteiger partial charge in [-0.1, -0.05) is 0 Å². The molecule has 0 aromatic carbocycles. The Labute approximate surface area is 57.7 Å². The number of hydrogen-bond donors (Lipinski definition) is 0. The Hall–Kier alpha value is 1.22. The van der Waals surface area contributed by atoms with Gasteiger partial charge in [0.1, 0.15) is 0 Å². The van der Waals surface area contributed by atoms with Gasteiger partial charge in [0.05, 0.1) is 0 Å². The van der Waals surface area contributed by atoms with Crippen molar-refractivity contribution >= 4 is 24.8 Å². The van der Waals surface area contributed by atoms with Crippen molar-refractivity contribution in [2.75, 3.05) is 0 Å². The zero-order valence-corrected chi connectivity index (χ0v) is 6.32. The molecule has 0 aromatic heterocycles. The topological polar surface area (TPSA) is 48.6 Å². The Morgan fingerprint density at radius 1 is 1.00 bits per heavy atom. The van der Waals surface area contributed by atoms with E-state index in [0.717, 1.165) is 0 Å². The molecule has 0 bridgehead atoms. The molecule has 0 aliphatic carbocycles. The predicted molar refractivity (Wildman–Crippen MR) is 18.8 cm³/mol. The number of halogens is 2. The molecule has 5 heavy (non-hydrogen) atoms. The average Bonchev–Trinajstić information content (AvgIpc) is 1.00. The molecule has 0 rings (SSSR count). The van der Waals surface area contributed by atoms with Crippen LogP contribution in [0.15, 0.2) is 0 Å². The van der Waals surface area contributed by atoms with Crippen LogP contribution < -0.4 is 0 Å². The Morgan fingerprint density at radius 2 is 1.00 bits per heavy atom. The summed E-state index contributed by atoms with van der Waals surface area (Å²) in [5.74, 6) is 0. The molecule has 2 N–H and O–H groups in total. The van der Waals surface area contributed by atoms with Gasteiger partial charge in [0.25, 0.3) is 0 Å². The fourth-order valence-electron chi connectivity index (χ4n) is 0. The summed E-state index contributed by atoms with van der Waals surface area (Å²) in [6.45, 7) is 0. The van der Waals surface area contributed by atoms with Crippen LogP contribution in [0.3, 0.4) is 0 Å². The van der Waals surface area contributed by atoms with Gasteiger partial charge in [-0.2, -0.15) is 0 Å². The van der Waals surface area contributed by atoms with E-state index in [0.29, 0.717) is 24.7 Å². The van der Waals surface area contributed by atoms with E-state index in [1.165, 1.54) is 0 Å². The van der Waals surface area contributed by atoms with Gasteiger partial charge in [-0.05, 0) is 0 Å².